The van der Waals surface area contributed by atoms with Crippen LogP contribution in [0.15, 0.2) is 30.6 Å². The summed E-state index contributed by atoms with van der Waals surface area (Å²) >= 11 is 0. The molecule has 0 aliphatic carbocycles. The van der Waals surface area contributed by atoms with Crippen LogP contribution < -0.4 is 0 Å². The van der Waals surface area contributed by atoms with E-state index in [1.807, 2.05) is 31.4 Å². The van der Waals surface area contributed by atoms with Crippen LogP contribution in [0.1, 0.15) is 24.0 Å². The normalized spacial score (nSPS) is 17.4. The standard InChI is InChI=1S/C18H20N4O3S/c1-3-26(23,24)11-13-9-25-10-16-14(7-19-8-15(13)16)12-4-5-17-18(6-12)22(2)21-20-17/h4-8,13H,3,9-11H2,1-2H3. The van der Waals surface area contributed by atoms with Gasteiger partial charge in [-0.15, -0.1) is 5.10 Å². The Morgan fingerprint density at radius 1 is 1.31 bits per heavy atom. The van der Waals surface area contributed by atoms with Crippen LogP contribution in [0, 0.1) is 0 Å². The molecule has 0 amide bonds. The van der Waals surface area contributed by atoms with Crippen molar-refractivity contribution in [3.63, 3.8) is 0 Å². The quantitative estimate of drug-likeness (QED) is 0.697. The number of rotatable bonds is 4. The Morgan fingerprint density at radius 3 is 2.96 bits per heavy atom. The summed E-state index contributed by atoms with van der Waals surface area (Å²) in [5.41, 5.74) is 5.70. The number of sulfone groups is 1. The number of nitrogens with zero attached hydrogens (tertiary/aromatic N) is 4. The molecule has 0 saturated carbocycles. The van der Waals surface area contributed by atoms with E-state index in [2.05, 4.69) is 15.3 Å². The summed E-state index contributed by atoms with van der Waals surface area (Å²) in [6.45, 7) is 2.53. The fourth-order valence-corrected chi connectivity index (χ4v) is 4.54. The molecule has 0 N–H and O–H groups in total. The first-order valence-corrected chi connectivity index (χ1v) is 10.4. The van der Waals surface area contributed by atoms with E-state index in [0.29, 0.717) is 13.2 Å². The van der Waals surface area contributed by atoms with Crippen LogP contribution in [0.2, 0.25) is 0 Å². The lowest BCUT2D eigenvalue weighted by molar-refractivity contribution is 0.0958. The van der Waals surface area contributed by atoms with Gasteiger partial charge in [0.2, 0.25) is 0 Å². The molecule has 1 aromatic carbocycles. The molecule has 3 heterocycles. The first-order valence-electron chi connectivity index (χ1n) is 8.53. The molecule has 3 aromatic rings. The Kier molecular flexibility index (Phi) is 4.24. The second-order valence-corrected chi connectivity index (χ2v) is 8.98. The maximum absolute atomic E-state index is 12.1. The van der Waals surface area contributed by atoms with Crippen molar-refractivity contribution in [3.05, 3.63) is 41.7 Å². The molecule has 26 heavy (non-hydrogen) atoms. The second-order valence-electron chi connectivity index (χ2n) is 6.58. The van der Waals surface area contributed by atoms with Gasteiger partial charge in [-0.2, -0.15) is 0 Å². The Labute approximate surface area is 151 Å². The minimum absolute atomic E-state index is 0.0896. The predicted molar refractivity (Wildman–Crippen MR) is 98.5 cm³/mol. The van der Waals surface area contributed by atoms with Crippen molar-refractivity contribution in [1.82, 2.24) is 20.0 Å². The topological polar surface area (TPSA) is 87.0 Å². The molecule has 0 bridgehead atoms. The molecule has 0 fully saturated rings. The van der Waals surface area contributed by atoms with Crippen LogP contribution in [-0.2, 0) is 28.2 Å². The minimum Gasteiger partial charge on any atom is -0.376 e. The minimum atomic E-state index is -3.09. The third kappa shape index (κ3) is 2.99. The Morgan fingerprint density at radius 2 is 2.15 bits per heavy atom. The van der Waals surface area contributed by atoms with E-state index < -0.39 is 9.84 Å². The SMILES string of the molecule is CCS(=O)(=O)CC1COCc2c(-c3ccc4nnn(C)c4c3)cncc21. The Hall–Kier alpha value is -2.32. The highest BCUT2D eigenvalue weighted by atomic mass is 32.2. The zero-order valence-corrected chi connectivity index (χ0v) is 15.5. The van der Waals surface area contributed by atoms with Crippen LogP contribution in [0.4, 0.5) is 0 Å². The average molecular weight is 372 g/mol. The first kappa shape index (κ1) is 17.1. The van der Waals surface area contributed by atoms with Crippen molar-refractivity contribution < 1.29 is 13.2 Å². The van der Waals surface area contributed by atoms with Gasteiger partial charge in [0, 0.05) is 36.7 Å². The molecule has 0 radical (unpaired) electrons. The molecule has 0 saturated heterocycles. The summed E-state index contributed by atoms with van der Waals surface area (Å²) in [4.78, 5) is 4.38. The van der Waals surface area contributed by atoms with Crippen molar-refractivity contribution in [2.45, 2.75) is 19.4 Å². The fraction of sp³-hybridized carbons (Fsp3) is 0.389. The van der Waals surface area contributed by atoms with Gasteiger partial charge in [-0.05, 0) is 28.8 Å². The maximum atomic E-state index is 12.1. The van der Waals surface area contributed by atoms with Crippen LogP contribution >= 0.6 is 0 Å². The van der Waals surface area contributed by atoms with Gasteiger partial charge < -0.3 is 4.74 Å². The van der Waals surface area contributed by atoms with Gasteiger partial charge in [0.05, 0.1) is 24.5 Å². The molecular weight excluding hydrogens is 352 g/mol. The number of aromatic nitrogens is 4. The van der Waals surface area contributed by atoms with E-state index in [-0.39, 0.29) is 17.4 Å². The van der Waals surface area contributed by atoms with Crippen molar-refractivity contribution in [3.8, 4) is 11.1 Å². The lowest BCUT2D eigenvalue weighted by Crippen LogP contribution is -2.25. The lowest BCUT2D eigenvalue weighted by atomic mass is 9.91. The average Bonchev–Trinajstić information content (AvgIpc) is 3.02. The van der Waals surface area contributed by atoms with Crippen LogP contribution in [0.25, 0.3) is 22.2 Å². The highest BCUT2D eigenvalue weighted by Gasteiger charge is 2.27. The molecule has 1 aliphatic rings. The number of hydrogen-bond acceptors (Lipinski definition) is 6. The molecular formula is C18H20N4O3S. The summed E-state index contributed by atoms with van der Waals surface area (Å²) < 4.78 is 31.7. The van der Waals surface area contributed by atoms with E-state index >= 15 is 0 Å². The molecule has 1 unspecified atom stereocenters. The summed E-state index contributed by atoms with van der Waals surface area (Å²) in [6.07, 6.45) is 3.59. The summed E-state index contributed by atoms with van der Waals surface area (Å²) in [5, 5.41) is 8.15. The van der Waals surface area contributed by atoms with E-state index in [4.69, 9.17) is 4.74 Å². The summed E-state index contributed by atoms with van der Waals surface area (Å²) in [6, 6.07) is 5.94. The molecule has 1 atom stereocenters. The number of ether oxygens (including phenoxy) is 1. The molecule has 2 aromatic heterocycles. The fourth-order valence-electron chi connectivity index (χ4n) is 3.42. The Balaban J connectivity index is 1.80. The number of aryl methyl sites for hydroxylation is 1. The van der Waals surface area contributed by atoms with Crippen LogP contribution in [0.3, 0.4) is 0 Å². The van der Waals surface area contributed by atoms with Gasteiger partial charge in [0.15, 0.2) is 9.84 Å². The van der Waals surface area contributed by atoms with Crippen molar-refractivity contribution in [2.75, 3.05) is 18.1 Å². The van der Waals surface area contributed by atoms with Gasteiger partial charge in [0.25, 0.3) is 0 Å². The monoisotopic (exact) mass is 372 g/mol. The largest absolute Gasteiger partial charge is 0.376 e. The lowest BCUT2D eigenvalue weighted by Gasteiger charge is -2.27. The third-order valence-electron chi connectivity index (χ3n) is 4.91. The second kappa shape index (κ2) is 6.44. The highest BCUT2D eigenvalue weighted by molar-refractivity contribution is 7.91. The Bertz CT molecular complexity index is 1080. The molecule has 7 nitrogen and oxygen atoms in total. The molecule has 0 spiro atoms. The number of hydrogen-bond donors (Lipinski definition) is 0. The van der Waals surface area contributed by atoms with Crippen LogP contribution in [0.5, 0.6) is 0 Å². The summed E-state index contributed by atoms with van der Waals surface area (Å²) in [5.74, 6) is 0.0425. The number of benzene rings is 1. The number of fused-ring (bicyclic) bond motifs is 2. The molecule has 8 heteroatoms. The van der Waals surface area contributed by atoms with Crippen molar-refractivity contribution in [1.29, 1.82) is 0 Å². The van der Waals surface area contributed by atoms with E-state index in [1.165, 1.54) is 0 Å². The predicted octanol–water partition coefficient (Wildman–Crippen LogP) is 2.08. The van der Waals surface area contributed by atoms with E-state index in [0.717, 1.165) is 33.3 Å². The van der Waals surface area contributed by atoms with Gasteiger partial charge >= 0.3 is 0 Å². The first-order chi connectivity index (χ1) is 12.5. The number of pyridine rings is 1. The van der Waals surface area contributed by atoms with Crippen molar-refractivity contribution >= 4 is 20.9 Å². The molecule has 4 rings (SSSR count). The molecule has 1 aliphatic heterocycles. The third-order valence-corrected chi connectivity index (χ3v) is 6.70. The zero-order chi connectivity index (χ0) is 18.3. The van der Waals surface area contributed by atoms with Gasteiger partial charge in [-0.3, -0.25) is 4.98 Å². The maximum Gasteiger partial charge on any atom is 0.150 e. The smallest absolute Gasteiger partial charge is 0.150 e. The van der Waals surface area contributed by atoms with Crippen LogP contribution in [-0.4, -0.2) is 46.5 Å². The molecule has 136 valence electrons. The highest BCUT2D eigenvalue weighted by Crippen LogP contribution is 2.35. The van der Waals surface area contributed by atoms with E-state index in [9.17, 15) is 8.42 Å². The van der Waals surface area contributed by atoms with Crippen molar-refractivity contribution in [2.24, 2.45) is 7.05 Å². The van der Waals surface area contributed by atoms with Gasteiger partial charge in [-0.1, -0.05) is 18.2 Å². The van der Waals surface area contributed by atoms with Gasteiger partial charge in [0.1, 0.15) is 5.52 Å². The zero-order valence-electron chi connectivity index (χ0n) is 14.7. The summed E-state index contributed by atoms with van der Waals surface area (Å²) in [7, 11) is -1.24. The van der Waals surface area contributed by atoms with Gasteiger partial charge in [-0.25, -0.2) is 13.1 Å². The van der Waals surface area contributed by atoms with E-state index in [1.54, 1.807) is 17.8 Å².